The summed E-state index contributed by atoms with van der Waals surface area (Å²) in [7, 11) is 0. The number of benzene rings is 1. The number of rotatable bonds is 6. The first-order valence-electron chi connectivity index (χ1n) is 7.03. The fourth-order valence-electron chi connectivity index (χ4n) is 2.34. The Balaban J connectivity index is 2.18. The highest BCUT2D eigenvalue weighted by atomic mass is 16.5. The fourth-order valence-corrected chi connectivity index (χ4v) is 2.34. The van der Waals surface area contributed by atoms with Crippen LogP contribution in [0.5, 0.6) is 0 Å². The molecule has 0 spiro atoms. The summed E-state index contributed by atoms with van der Waals surface area (Å²) in [5, 5.41) is 4.12. The number of hydrogen-bond donors (Lipinski definition) is 1. The van der Waals surface area contributed by atoms with Gasteiger partial charge in [0.25, 0.3) is 0 Å². The van der Waals surface area contributed by atoms with E-state index in [1.165, 1.54) is 24.8 Å². The van der Waals surface area contributed by atoms with Crippen molar-refractivity contribution in [3.63, 3.8) is 0 Å². The molecule has 0 aliphatic rings. The van der Waals surface area contributed by atoms with Gasteiger partial charge < -0.3 is 10.3 Å². The van der Waals surface area contributed by atoms with Gasteiger partial charge in [-0.05, 0) is 25.3 Å². The molecule has 1 aromatic carbocycles. The number of anilines is 1. The number of nitrogen functional groups attached to an aromatic ring is 1. The van der Waals surface area contributed by atoms with Crippen molar-refractivity contribution >= 4 is 5.88 Å². The molecule has 3 nitrogen and oxygen atoms in total. The maximum absolute atomic E-state index is 5.92. The summed E-state index contributed by atoms with van der Waals surface area (Å²) in [6.45, 7) is 4.29. The number of aryl methyl sites for hydroxylation is 2. The first kappa shape index (κ1) is 13.7. The first-order valence-corrected chi connectivity index (χ1v) is 7.03. The van der Waals surface area contributed by atoms with Crippen molar-refractivity contribution in [1.29, 1.82) is 0 Å². The third-order valence-corrected chi connectivity index (χ3v) is 3.36. The Bertz CT molecular complexity index is 531. The predicted molar refractivity (Wildman–Crippen MR) is 78.9 cm³/mol. The average molecular weight is 258 g/mol. The molecule has 0 bridgehead atoms. The lowest BCUT2D eigenvalue weighted by molar-refractivity contribution is 0.426. The second-order valence-electron chi connectivity index (χ2n) is 5.05. The van der Waals surface area contributed by atoms with Crippen LogP contribution < -0.4 is 5.73 Å². The Morgan fingerprint density at radius 2 is 2.05 bits per heavy atom. The fraction of sp³-hybridized carbons (Fsp3) is 0.438. The van der Waals surface area contributed by atoms with Gasteiger partial charge in [0, 0.05) is 0 Å². The molecule has 0 aliphatic heterocycles. The van der Waals surface area contributed by atoms with Gasteiger partial charge in [-0.15, -0.1) is 0 Å². The van der Waals surface area contributed by atoms with E-state index in [0.717, 1.165) is 29.7 Å². The van der Waals surface area contributed by atoms with E-state index in [1.807, 2.05) is 6.07 Å². The van der Waals surface area contributed by atoms with Crippen LogP contribution in [0.3, 0.4) is 0 Å². The second kappa shape index (κ2) is 6.41. The van der Waals surface area contributed by atoms with Crippen LogP contribution in [-0.4, -0.2) is 5.16 Å². The van der Waals surface area contributed by atoms with Crippen LogP contribution in [0.25, 0.3) is 11.1 Å². The lowest BCUT2D eigenvalue weighted by atomic mass is 10.0. The second-order valence-corrected chi connectivity index (χ2v) is 5.05. The SMILES string of the molecule is CCCCCCc1noc(N)c1-c1cccc(C)c1. The van der Waals surface area contributed by atoms with E-state index in [9.17, 15) is 0 Å². The molecule has 0 saturated carbocycles. The summed E-state index contributed by atoms with van der Waals surface area (Å²) in [6, 6.07) is 8.30. The van der Waals surface area contributed by atoms with Crippen molar-refractivity contribution in [3.05, 3.63) is 35.5 Å². The molecular formula is C16H22N2O. The molecule has 2 N–H and O–H groups in total. The van der Waals surface area contributed by atoms with Gasteiger partial charge in [-0.1, -0.05) is 61.2 Å². The molecule has 19 heavy (non-hydrogen) atoms. The highest BCUT2D eigenvalue weighted by molar-refractivity contribution is 5.75. The summed E-state index contributed by atoms with van der Waals surface area (Å²) in [6.07, 6.45) is 5.82. The van der Waals surface area contributed by atoms with E-state index < -0.39 is 0 Å². The zero-order chi connectivity index (χ0) is 13.7. The van der Waals surface area contributed by atoms with Crippen molar-refractivity contribution in [3.8, 4) is 11.1 Å². The normalized spacial score (nSPS) is 10.8. The molecule has 0 atom stereocenters. The molecule has 2 aromatic rings. The Hall–Kier alpha value is -1.77. The van der Waals surface area contributed by atoms with Gasteiger partial charge in [-0.3, -0.25) is 0 Å². The topological polar surface area (TPSA) is 52.0 Å². The van der Waals surface area contributed by atoms with Crippen molar-refractivity contribution in [2.75, 3.05) is 5.73 Å². The first-order chi connectivity index (χ1) is 9.22. The van der Waals surface area contributed by atoms with Crippen LogP contribution in [0, 0.1) is 6.92 Å². The van der Waals surface area contributed by atoms with Crippen molar-refractivity contribution in [1.82, 2.24) is 5.16 Å². The zero-order valence-corrected chi connectivity index (χ0v) is 11.8. The minimum absolute atomic E-state index is 0.427. The minimum atomic E-state index is 0.427. The molecule has 1 heterocycles. The molecule has 0 aliphatic carbocycles. The molecule has 0 amide bonds. The monoisotopic (exact) mass is 258 g/mol. The van der Waals surface area contributed by atoms with Crippen LogP contribution >= 0.6 is 0 Å². The Labute approximate surface area is 114 Å². The van der Waals surface area contributed by atoms with E-state index in [0.29, 0.717) is 5.88 Å². The maximum Gasteiger partial charge on any atom is 0.230 e. The van der Waals surface area contributed by atoms with Crippen LogP contribution in [-0.2, 0) is 6.42 Å². The molecule has 1 aromatic heterocycles. The molecule has 0 saturated heterocycles. The Morgan fingerprint density at radius 1 is 1.21 bits per heavy atom. The molecule has 2 rings (SSSR count). The number of unbranched alkanes of at least 4 members (excludes halogenated alkanes) is 3. The lowest BCUT2D eigenvalue weighted by Gasteiger charge is -2.03. The molecule has 102 valence electrons. The van der Waals surface area contributed by atoms with E-state index in [1.54, 1.807) is 0 Å². The smallest absolute Gasteiger partial charge is 0.230 e. The standard InChI is InChI=1S/C16H22N2O/c1-3-4-5-6-10-14-15(16(17)19-18-14)13-9-7-8-12(2)11-13/h7-9,11H,3-6,10,17H2,1-2H3. The highest BCUT2D eigenvalue weighted by Gasteiger charge is 2.15. The summed E-state index contributed by atoms with van der Waals surface area (Å²) in [4.78, 5) is 0. The molecule has 0 radical (unpaired) electrons. The van der Waals surface area contributed by atoms with Crippen molar-refractivity contribution in [2.45, 2.75) is 46.0 Å². The maximum atomic E-state index is 5.92. The van der Waals surface area contributed by atoms with Crippen LogP contribution in [0.15, 0.2) is 28.8 Å². The van der Waals surface area contributed by atoms with E-state index in [2.05, 4.69) is 37.2 Å². The van der Waals surface area contributed by atoms with Crippen molar-refractivity contribution < 1.29 is 4.52 Å². The predicted octanol–water partition coefficient (Wildman–Crippen LogP) is 4.36. The number of aromatic nitrogens is 1. The van der Waals surface area contributed by atoms with Gasteiger partial charge in [0.15, 0.2) is 0 Å². The van der Waals surface area contributed by atoms with Crippen LogP contribution in [0.1, 0.15) is 43.9 Å². The largest absolute Gasteiger partial charge is 0.367 e. The van der Waals surface area contributed by atoms with E-state index >= 15 is 0 Å². The highest BCUT2D eigenvalue weighted by Crippen LogP contribution is 2.31. The van der Waals surface area contributed by atoms with Gasteiger partial charge in [0.05, 0.1) is 11.3 Å². The molecule has 0 unspecified atom stereocenters. The van der Waals surface area contributed by atoms with E-state index in [4.69, 9.17) is 10.3 Å². The minimum Gasteiger partial charge on any atom is -0.367 e. The molecule has 0 fully saturated rings. The summed E-state index contributed by atoms with van der Waals surface area (Å²) in [5.74, 6) is 0.427. The van der Waals surface area contributed by atoms with Gasteiger partial charge in [0.2, 0.25) is 5.88 Å². The van der Waals surface area contributed by atoms with Gasteiger partial charge in [0.1, 0.15) is 0 Å². The number of hydrogen-bond acceptors (Lipinski definition) is 3. The third kappa shape index (κ3) is 3.37. The van der Waals surface area contributed by atoms with Gasteiger partial charge in [-0.25, -0.2) is 0 Å². The van der Waals surface area contributed by atoms with Gasteiger partial charge in [-0.2, -0.15) is 0 Å². The Kier molecular flexibility index (Phi) is 4.61. The zero-order valence-electron chi connectivity index (χ0n) is 11.8. The van der Waals surface area contributed by atoms with Gasteiger partial charge >= 0.3 is 0 Å². The summed E-state index contributed by atoms with van der Waals surface area (Å²) < 4.78 is 5.17. The van der Waals surface area contributed by atoms with Crippen LogP contribution in [0.4, 0.5) is 5.88 Å². The quantitative estimate of drug-likeness (QED) is 0.783. The van der Waals surface area contributed by atoms with Crippen LogP contribution in [0.2, 0.25) is 0 Å². The number of nitrogens with two attached hydrogens (primary N) is 1. The molecule has 3 heteroatoms. The average Bonchev–Trinajstić information content (AvgIpc) is 2.76. The van der Waals surface area contributed by atoms with E-state index in [-0.39, 0.29) is 0 Å². The number of nitrogens with zero attached hydrogens (tertiary/aromatic N) is 1. The summed E-state index contributed by atoms with van der Waals surface area (Å²) >= 11 is 0. The third-order valence-electron chi connectivity index (χ3n) is 3.36. The van der Waals surface area contributed by atoms with Crippen molar-refractivity contribution in [2.24, 2.45) is 0 Å². The Morgan fingerprint density at radius 3 is 2.79 bits per heavy atom. The molecular weight excluding hydrogens is 236 g/mol. The summed E-state index contributed by atoms with van der Waals surface area (Å²) in [5.41, 5.74) is 10.2. The lowest BCUT2D eigenvalue weighted by Crippen LogP contribution is -1.92.